The molecule has 2 aromatic heterocycles. The molecule has 26 heavy (non-hydrogen) atoms. The molecule has 0 aliphatic heterocycles. The second-order valence-electron chi connectivity index (χ2n) is 6.31. The van der Waals surface area contributed by atoms with E-state index in [0.717, 1.165) is 51.1 Å². The highest BCUT2D eigenvalue weighted by atomic mass is 32.2. The molecule has 2 heterocycles. The molecule has 0 aliphatic rings. The molecule has 0 atom stereocenters. The molecular formula is C21H20N4S. The fourth-order valence-electron chi connectivity index (χ4n) is 2.89. The number of aryl methyl sites for hydroxylation is 2. The zero-order chi connectivity index (χ0) is 17.9. The third-order valence-electron chi connectivity index (χ3n) is 4.37. The van der Waals surface area contributed by atoms with Crippen LogP contribution in [0.15, 0.2) is 59.8 Å². The quantitative estimate of drug-likeness (QED) is 0.517. The maximum atomic E-state index is 4.77. The molecule has 0 radical (unpaired) electrons. The number of aromatic amines is 1. The van der Waals surface area contributed by atoms with Crippen molar-refractivity contribution in [2.24, 2.45) is 0 Å². The Bertz CT molecular complexity index is 1040. The highest BCUT2D eigenvalue weighted by Crippen LogP contribution is 2.24. The van der Waals surface area contributed by atoms with Crippen molar-refractivity contribution in [2.75, 3.05) is 0 Å². The average molecular weight is 360 g/mol. The van der Waals surface area contributed by atoms with Crippen molar-refractivity contribution < 1.29 is 0 Å². The molecule has 4 rings (SSSR count). The summed E-state index contributed by atoms with van der Waals surface area (Å²) < 4.78 is 0. The van der Waals surface area contributed by atoms with Crippen molar-refractivity contribution in [3.05, 3.63) is 82.9 Å². The van der Waals surface area contributed by atoms with Crippen LogP contribution in [-0.4, -0.2) is 19.9 Å². The van der Waals surface area contributed by atoms with Crippen molar-refractivity contribution in [3.63, 3.8) is 0 Å². The van der Waals surface area contributed by atoms with E-state index in [1.54, 1.807) is 11.8 Å². The first-order chi connectivity index (χ1) is 12.7. The Hall–Kier alpha value is -2.66. The molecule has 5 heteroatoms. The summed E-state index contributed by atoms with van der Waals surface area (Å²) in [7, 11) is 0. The van der Waals surface area contributed by atoms with Crippen LogP contribution in [0.4, 0.5) is 0 Å². The number of benzene rings is 2. The Labute approximate surface area is 157 Å². The van der Waals surface area contributed by atoms with Crippen molar-refractivity contribution in [3.8, 4) is 0 Å². The lowest BCUT2D eigenvalue weighted by molar-refractivity contribution is 1.00. The van der Waals surface area contributed by atoms with Gasteiger partial charge >= 0.3 is 0 Å². The summed E-state index contributed by atoms with van der Waals surface area (Å²) in [6, 6.07) is 18.4. The molecule has 4 nitrogen and oxygen atoms in total. The molecule has 0 saturated carbocycles. The number of H-pyrrole nitrogens is 1. The van der Waals surface area contributed by atoms with Gasteiger partial charge in [0.2, 0.25) is 0 Å². The molecule has 0 aliphatic carbocycles. The molecule has 0 bridgehead atoms. The molecule has 0 saturated heterocycles. The van der Waals surface area contributed by atoms with E-state index in [-0.39, 0.29) is 0 Å². The van der Waals surface area contributed by atoms with Gasteiger partial charge in [0.1, 0.15) is 0 Å². The van der Waals surface area contributed by atoms with Crippen molar-refractivity contribution in [2.45, 2.75) is 31.2 Å². The highest BCUT2D eigenvalue weighted by Gasteiger charge is 2.10. The van der Waals surface area contributed by atoms with Crippen LogP contribution < -0.4 is 0 Å². The van der Waals surface area contributed by atoms with E-state index in [1.807, 2.05) is 37.3 Å². The number of aromatic nitrogens is 4. The first kappa shape index (κ1) is 16.8. The number of nitrogens with one attached hydrogen (secondary N) is 1. The van der Waals surface area contributed by atoms with Gasteiger partial charge in [-0.1, -0.05) is 54.2 Å². The van der Waals surface area contributed by atoms with Gasteiger partial charge in [-0.05, 0) is 31.5 Å². The van der Waals surface area contributed by atoms with E-state index < -0.39 is 0 Å². The highest BCUT2D eigenvalue weighted by molar-refractivity contribution is 7.98. The van der Waals surface area contributed by atoms with Crippen LogP contribution in [0.3, 0.4) is 0 Å². The average Bonchev–Trinajstić information content (AvgIpc) is 3.00. The predicted octanol–water partition coefficient (Wildman–Crippen LogP) is 4.85. The first-order valence-corrected chi connectivity index (χ1v) is 9.62. The van der Waals surface area contributed by atoms with Crippen molar-refractivity contribution in [1.29, 1.82) is 0 Å². The lowest BCUT2D eigenvalue weighted by atomic mass is 10.1. The Morgan fingerprint density at radius 1 is 0.808 bits per heavy atom. The molecule has 0 fully saturated rings. The number of para-hydroxylation sites is 2. The minimum Gasteiger partial charge on any atom is -0.337 e. The van der Waals surface area contributed by atoms with Crippen LogP contribution in [0, 0.1) is 13.8 Å². The number of thioether (sulfide) groups is 1. The van der Waals surface area contributed by atoms with E-state index in [9.17, 15) is 0 Å². The minimum atomic E-state index is 0.751. The van der Waals surface area contributed by atoms with Gasteiger partial charge in [-0.2, -0.15) is 0 Å². The van der Waals surface area contributed by atoms with E-state index >= 15 is 0 Å². The predicted molar refractivity (Wildman–Crippen MR) is 106 cm³/mol. The number of rotatable bonds is 5. The maximum Gasteiger partial charge on any atom is 0.166 e. The smallest absolute Gasteiger partial charge is 0.166 e. The van der Waals surface area contributed by atoms with Gasteiger partial charge in [-0.25, -0.2) is 15.0 Å². The number of imidazole rings is 1. The summed E-state index contributed by atoms with van der Waals surface area (Å²) in [6.07, 6.45) is 0.846. The van der Waals surface area contributed by atoms with Gasteiger partial charge in [-0.15, -0.1) is 0 Å². The van der Waals surface area contributed by atoms with Crippen LogP contribution in [0.1, 0.15) is 28.3 Å². The molecule has 1 N–H and O–H groups in total. The zero-order valence-electron chi connectivity index (χ0n) is 14.9. The fraction of sp³-hybridized carbons (Fsp3) is 0.190. The zero-order valence-corrected chi connectivity index (χ0v) is 15.7. The van der Waals surface area contributed by atoms with Gasteiger partial charge in [0.25, 0.3) is 0 Å². The van der Waals surface area contributed by atoms with E-state index in [1.165, 1.54) is 5.56 Å². The van der Waals surface area contributed by atoms with E-state index in [4.69, 9.17) is 9.97 Å². The van der Waals surface area contributed by atoms with Gasteiger partial charge in [0.05, 0.1) is 28.1 Å². The van der Waals surface area contributed by atoms with E-state index in [0.29, 0.717) is 0 Å². The molecule has 0 spiro atoms. The Morgan fingerprint density at radius 3 is 2.27 bits per heavy atom. The third kappa shape index (κ3) is 3.63. The summed E-state index contributed by atoms with van der Waals surface area (Å²) in [5.74, 6) is 0.751. The van der Waals surface area contributed by atoms with Crippen LogP contribution in [0.5, 0.6) is 0 Å². The van der Waals surface area contributed by atoms with Gasteiger partial charge < -0.3 is 4.98 Å². The van der Waals surface area contributed by atoms with Crippen LogP contribution >= 0.6 is 11.8 Å². The minimum absolute atomic E-state index is 0.751. The normalized spacial score (nSPS) is 11.2. The maximum absolute atomic E-state index is 4.77. The van der Waals surface area contributed by atoms with Crippen molar-refractivity contribution >= 4 is 22.8 Å². The number of hydrogen-bond acceptors (Lipinski definition) is 4. The standard InChI is InChI=1S/C21H20N4S/c1-14-19(12-16-8-4-3-5-9-16)25-21(23-14)26-13-20-15(2)22-17-10-6-7-11-18(17)24-20/h3-11H,12-13H2,1-2H3,(H,23,25). The number of hydrogen-bond donors (Lipinski definition) is 1. The number of nitrogens with zero attached hydrogens (tertiary/aromatic N) is 3. The fourth-order valence-corrected chi connectivity index (χ4v) is 3.84. The van der Waals surface area contributed by atoms with Gasteiger partial charge in [0.15, 0.2) is 5.16 Å². The monoisotopic (exact) mass is 360 g/mol. The summed E-state index contributed by atoms with van der Waals surface area (Å²) in [5.41, 5.74) is 7.36. The lowest BCUT2D eigenvalue weighted by Crippen LogP contribution is -1.97. The Balaban J connectivity index is 1.50. The van der Waals surface area contributed by atoms with Gasteiger partial charge in [-0.3, -0.25) is 0 Å². The Morgan fingerprint density at radius 2 is 1.50 bits per heavy atom. The molecule has 4 aromatic rings. The SMILES string of the molecule is Cc1nc2ccccc2nc1CSc1nc(Cc2ccccc2)c(C)[nH]1. The number of fused-ring (bicyclic) bond motifs is 1. The second kappa shape index (κ2) is 7.30. The van der Waals surface area contributed by atoms with Crippen LogP contribution in [0.2, 0.25) is 0 Å². The molecule has 0 unspecified atom stereocenters. The lowest BCUT2D eigenvalue weighted by Gasteiger charge is -2.05. The summed E-state index contributed by atoms with van der Waals surface area (Å²) in [4.78, 5) is 17.6. The van der Waals surface area contributed by atoms with Crippen LogP contribution in [0.25, 0.3) is 11.0 Å². The molecule has 0 amide bonds. The van der Waals surface area contributed by atoms with E-state index in [2.05, 4.69) is 41.2 Å². The van der Waals surface area contributed by atoms with Crippen molar-refractivity contribution in [1.82, 2.24) is 19.9 Å². The topological polar surface area (TPSA) is 54.5 Å². The first-order valence-electron chi connectivity index (χ1n) is 8.63. The van der Waals surface area contributed by atoms with Gasteiger partial charge in [0, 0.05) is 17.9 Å². The Kier molecular flexibility index (Phi) is 4.71. The van der Waals surface area contributed by atoms with Crippen LogP contribution in [-0.2, 0) is 12.2 Å². The summed E-state index contributed by atoms with van der Waals surface area (Å²) >= 11 is 1.67. The largest absolute Gasteiger partial charge is 0.337 e. The summed E-state index contributed by atoms with van der Waals surface area (Å²) in [5, 5.41) is 0.933. The molecule has 2 aromatic carbocycles. The molecular weight excluding hydrogens is 340 g/mol. The second-order valence-corrected chi connectivity index (χ2v) is 7.27. The third-order valence-corrected chi connectivity index (χ3v) is 5.25. The molecule has 130 valence electrons. The summed E-state index contributed by atoms with van der Waals surface area (Å²) in [6.45, 7) is 4.10.